The van der Waals surface area contributed by atoms with Crippen molar-refractivity contribution in [3.05, 3.63) is 81.5 Å². The van der Waals surface area contributed by atoms with Crippen molar-refractivity contribution in [3.8, 4) is 0 Å². The lowest BCUT2D eigenvalue weighted by Gasteiger charge is -2.11. The maximum Gasteiger partial charge on any atom is 0.338 e. The molecule has 2 aromatic carbocycles. The maximum atomic E-state index is 12.9. The fraction of sp³-hybridized carbons (Fsp3) is 0.238. The number of benzene rings is 2. The molecule has 1 aromatic heterocycles. The fourth-order valence-electron chi connectivity index (χ4n) is 2.90. The number of rotatable bonds is 6. The second-order valence-corrected chi connectivity index (χ2v) is 6.41. The lowest BCUT2D eigenvalue weighted by molar-refractivity contribution is -0.635. The van der Waals surface area contributed by atoms with E-state index >= 15 is 0 Å². The van der Waals surface area contributed by atoms with Gasteiger partial charge in [0.05, 0.1) is 12.2 Å². The molecule has 0 aliphatic heterocycles. The van der Waals surface area contributed by atoms with Gasteiger partial charge in [0.25, 0.3) is 22.5 Å². The number of aromatic nitrogens is 2. The smallest absolute Gasteiger partial charge is 0.338 e. The van der Waals surface area contributed by atoms with E-state index in [1.165, 1.54) is 25.1 Å². The van der Waals surface area contributed by atoms with Crippen LogP contribution in [-0.2, 0) is 4.74 Å². The van der Waals surface area contributed by atoms with E-state index < -0.39 is 11.8 Å². The lowest BCUT2D eigenvalue weighted by atomic mass is 10.1. The van der Waals surface area contributed by atoms with E-state index in [0.717, 1.165) is 12.8 Å². The molecule has 0 unspecified atom stereocenters. The van der Waals surface area contributed by atoms with Crippen molar-refractivity contribution < 1.29 is 23.8 Å². The summed E-state index contributed by atoms with van der Waals surface area (Å²) in [4.78, 5) is 25.0. The van der Waals surface area contributed by atoms with Gasteiger partial charge >= 0.3 is 11.7 Å². The third kappa shape index (κ3) is 3.51. The van der Waals surface area contributed by atoms with Gasteiger partial charge in [-0.25, -0.2) is 4.79 Å². The van der Waals surface area contributed by atoms with Crippen LogP contribution in [0.4, 0.5) is 0 Å². The van der Waals surface area contributed by atoms with Crippen LogP contribution in [0.1, 0.15) is 51.9 Å². The first-order valence-electron chi connectivity index (χ1n) is 9.02. The number of fused-ring (bicyclic) bond motifs is 1. The predicted octanol–water partition coefficient (Wildman–Crippen LogP) is 2.60. The quantitative estimate of drug-likeness (QED) is 0.215. The minimum absolute atomic E-state index is 0.00498. The van der Waals surface area contributed by atoms with Gasteiger partial charge in [-0.05, 0) is 12.5 Å². The zero-order valence-corrected chi connectivity index (χ0v) is 15.7. The summed E-state index contributed by atoms with van der Waals surface area (Å²) in [6.45, 7) is 3.67. The molecule has 1 heterocycles. The lowest BCUT2D eigenvalue weighted by Crippen LogP contribution is -2.46. The molecule has 7 heteroatoms. The van der Waals surface area contributed by atoms with Gasteiger partial charge in [-0.2, -0.15) is 9.46 Å². The third-order valence-corrected chi connectivity index (χ3v) is 4.48. The normalized spacial score (nSPS) is 10.8. The average Bonchev–Trinajstić information content (AvgIpc) is 2.72. The first-order valence-corrected chi connectivity index (χ1v) is 9.02. The number of esters is 1. The van der Waals surface area contributed by atoms with Crippen LogP contribution in [0.3, 0.4) is 0 Å². The Morgan fingerprint density at radius 2 is 1.68 bits per heavy atom. The SMILES string of the molecule is CCCCOC(=O)c1ccc2c(c1)[n+]([O-])c(C(=O)c1ccccc1)c(C)[n+]2[O-]. The van der Waals surface area contributed by atoms with Crippen LogP contribution in [-0.4, -0.2) is 18.4 Å². The Morgan fingerprint density at radius 3 is 2.36 bits per heavy atom. The number of ketones is 1. The molecule has 0 saturated heterocycles. The molecule has 7 nitrogen and oxygen atoms in total. The topological polar surface area (TPSA) is 97.2 Å². The van der Waals surface area contributed by atoms with Crippen LogP contribution in [0, 0.1) is 17.3 Å². The van der Waals surface area contributed by atoms with Crippen LogP contribution >= 0.6 is 0 Å². The van der Waals surface area contributed by atoms with Crippen LogP contribution < -0.4 is 9.46 Å². The molecule has 0 fully saturated rings. The number of unbranched alkanes of at least 4 members (excludes halogenated alkanes) is 1. The van der Waals surface area contributed by atoms with Gasteiger partial charge in [-0.3, -0.25) is 4.79 Å². The monoisotopic (exact) mass is 380 g/mol. The highest BCUT2D eigenvalue weighted by atomic mass is 16.5. The Hall–Kier alpha value is -3.48. The summed E-state index contributed by atoms with van der Waals surface area (Å²) in [7, 11) is 0. The molecule has 144 valence electrons. The maximum absolute atomic E-state index is 12.9. The van der Waals surface area contributed by atoms with E-state index in [2.05, 4.69) is 0 Å². The van der Waals surface area contributed by atoms with E-state index in [0.29, 0.717) is 15.0 Å². The summed E-state index contributed by atoms with van der Waals surface area (Å²) >= 11 is 0. The molecule has 0 saturated carbocycles. The van der Waals surface area contributed by atoms with E-state index in [1.807, 2.05) is 6.92 Å². The summed E-state index contributed by atoms with van der Waals surface area (Å²) in [5.74, 6) is -1.14. The Bertz CT molecular complexity index is 1050. The third-order valence-electron chi connectivity index (χ3n) is 4.48. The molecule has 28 heavy (non-hydrogen) atoms. The second-order valence-electron chi connectivity index (χ2n) is 6.41. The van der Waals surface area contributed by atoms with E-state index in [4.69, 9.17) is 4.74 Å². The molecular formula is C21H20N2O5. The van der Waals surface area contributed by atoms with Crippen molar-refractivity contribution in [3.63, 3.8) is 0 Å². The summed E-state index contributed by atoms with van der Waals surface area (Å²) in [6, 6.07) is 12.3. The average molecular weight is 380 g/mol. The van der Waals surface area contributed by atoms with Crippen LogP contribution in [0.25, 0.3) is 11.0 Å². The van der Waals surface area contributed by atoms with Gasteiger partial charge < -0.3 is 15.2 Å². The summed E-state index contributed by atoms with van der Waals surface area (Å²) in [6.07, 6.45) is 1.61. The number of hydrogen-bond donors (Lipinski definition) is 0. The Kier molecular flexibility index (Phi) is 5.54. The number of nitrogens with zero attached hydrogens (tertiary/aromatic N) is 2. The zero-order chi connectivity index (χ0) is 20.3. The van der Waals surface area contributed by atoms with E-state index in [9.17, 15) is 20.0 Å². The van der Waals surface area contributed by atoms with Gasteiger partial charge in [0.2, 0.25) is 0 Å². The molecule has 0 N–H and O–H groups in total. The molecule has 0 bridgehead atoms. The van der Waals surface area contributed by atoms with Crippen LogP contribution in [0.2, 0.25) is 0 Å². The predicted molar refractivity (Wildman–Crippen MR) is 102 cm³/mol. The van der Waals surface area contributed by atoms with E-state index in [1.54, 1.807) is 30.3 Å². The summed E-state index contributed by atoms with van der Waals surface area (Å²) < 4.78 is 6.10. The Balaban J connectivity index is 2.11. The first-order chi connectivity index (χ1) is 13.5. The molecule has 3 rings (SSSR count). The fourth-order valence-corrected chi connectivity index (χ4v) is 2.90. The highest BCUT2D eigenvalue weighted by Crippen LogP contribution is 2.15. The summed E-state index contributed by atoms with van der Waals surface area (Å²) in [5, 5.41) is 25.6. The Morgan fingerprint density at radius 1 is 0.964 bits per heavy atom. The molecular weight excluding hydrogens is 360 g/mol. The molecule has 0 aliphatic rings. The standard InChI is InChI=1S/C21H20N2O5/c1-3-4-12-28-21(25)16-10-11-17-18(13-16)23(27)19(14(2)22(17)26)20(24)15-8-6-5-7-9-15/h5-11,13H,3-4,12H2,1-2H3. The largest absolute Gasteiger partial charge is 0.618 e. The number of ether oxygens (including phenoxy) is 1. The van der Waals surface area contributed by atoms with Gasteiger partial charge in [0, 0.05) is 24.6 Å². The molecule has 0 spiro atoms. The highest BCUT2D eigenvalue weighted by molar-refractivity contribution is 6.07. The van der Waals surface area contributed by atoms with Gasteiger partial charge in [-0.15, -0.1) is 0 Å². The number of carbonyl (C=O) groups excluding carboxylic acids is 2. The molecule has 0 radical (unpaired) electrons. The van der Waals surface area contributed by atoms with Gasteiger partial charge in [0.15, 0.2) is 0 Å². The van der Waals surface area contributed by atoms with Crippen molar-refractivity contribution >= 4 is 22.8 Å². The minimum atomic E-state index is -0.579. The van der Waals surface area contributed by atoms with Gasteiger partial charge in [0.1, 0.15) is 0 Å². The van der Waals surface area contributed by atoms with Crippen LogP contribution in [0.15, 0.2) is 48.5 Å². The van der Waals surface area contributed by atoms with Crippen LogP contribution in [0.5, 0.6) is 0 Å². The second kappa shape index (κ2) is 8.04. The van der Waals surface area contributed by atoms with Crippen molar-refractivity contribution in [2.75, 3.05) is 6.61 Å². The van der Waals surface area contributed by atoms with Crippen molar-refractivity contribution in [2.45, 2.75) is 26.7 Å². The summed E-state index contributed by atoms with van der Waals surface area (Å²) in [5.41, 5.74) is 0.173. The molecule has 0 aliphatic carbocycles. The Labute approximate surface area is 162 Å². The minimum Gasteiger partial charge on any atom is -0.618 e. The number of hydrogen-bond acceptors (Lipinski definition) is 5. The van der Waals surface area contributed by atoms with Crippen molar-refractivity contribution in [2.24, 2.45) is 0 Å². The van der Waals surface area contributed by atoms with Crippen molar-refractivity contribution in [1.29, 1.82) is 0 Å². The molecule has 0 atom stereocenters. The highest BCUT2D eigenvalue weighted by Gasteiger charge is 2.32. The van der Waals surface area contributed by atoms with Crippen molar-refractivity contribution in [1.82, 2.24) is 0 Å². The molecule has 0 amide bonds. The molecule has 3 aromatic rings. The zero-order valence-electron chi connectivity index (χ0n) is 15.7. The first kappa shape index (κ1) is 19.3. The van der Waals surface area contributed by atoms with Gasteiger partial charge in [-0.1, -0.05) is 43.7 Å². The number of carbonyl (C=O) groups is 2. The van der Waals surface area contributed by atoms with E-state index in [-0.39, 0.29) is 34.6 Å².